The molecule has 0 bridgehead atoms. The van der Waals surface area contributed by atoms with E-state index in [4.69, 9.17) is 4.74 Å². The van der Waals surface area contributed by atoms with Crippen molar-refractivity contribution in [2.75, 3.05) is 13.2 Å². The smallest absolute Gasteiger partial charge is 0.0623 e. The Bertz CT molecular complexity index is 154. The third-order valence-corrected chi connectivity index (χ3v) is 2.04. The van der Waals surface area contributed by atoms with Crippen LogP contribution in [0.1, 0.15) is 40.5 Å². The van der Waals surface area contributed by atoms with Crippen molar-refractivity contribution < 1.29 is 4.74 Å². The number of ether oxygens (including phenoxy) is 1. The van der Waals surface area contributed by atoms with Crippen LogP contribution in [0.15, 0.2) is 12.2 Å². The predicted octanol–water partition coefficient (Wildman–Crippen LogP) is 2.75. The van der Waals surface area contributed by atoms with Crippen molar-refractivity contribution in [1.29, 1.82) is 0 Å². The molecule has 14 heavy (non-hydrogen) atoms. The van der Waals surface area contributed by atoms with Gasteiger partial charge in [0.15, 0.2) is 0 Å². The van der Waals surface area contributed by atoms with Gasteiger partial charge in [0.05, 0.1) is 12.7 Å². The molecule has 2 nitrogen and oxygen atoms in total. The van der Waals surface area contributed by atoms with E-state index in [1.54, 1.807) is 0 Å². The Hall–Kier alpha value is -0.340. The van der Waals surface area contributed by atoms with E-state index in [1.807, 2.05) is 0 Å². The molecule has 0 aliphatic carbocycles. The summed E-state index contributed by atoms with van der Waals surface area (Å²) in [6.45, 7) is 14.1. The summed E-state index contributed by atoms with van der Waals surface area (Å²) in [6.07, 6.45) is 2.52. The molecule has 1 unspecified atom stereocenters. The highest BCUT2D eigenvalue weighted by molar-refractivity contribution is 4.89. The number of allylic oxidation sites excluding steroid dienone is 1. The third kappa shape index (κ3) is 8.27. The average molecular weight is 199 g/mol. The van der Waals surface area contributed by atoms with Crippen LogP contribution in [0.3, 0.4) is 0 Å². The molecule has 0 radical (unpaired) electrons. The molecule has 0 saturated heterocycles. The minimum atomic E-state index is 0.320. The zero-order valence-electron chi connectivity index (χ0n) is 10.1. The van der Waals surface area contributed by atoms with E-state index in [0.29, 0.717) is 12.1 Å². The first-order chi connectivity index (χ1) is 6.56. The molecule has 84 valence electrons. The molecule has 0 spiro atoms. The maximum absolute atomic E-state index is 5.60. The van der Waals surface area contributed by atoms with Gasteiger partial charge in [-0.1, -0.05) is 12.5 Å². The van der Waals surface area contributed by atoms with Crippen LogP contribution in [0.25, 0.3) is 0 Å². The van der Waals surface area contributed by atoms with Crippen molar-refractivity contribution in [2.45, 2.75) is 52.7 Å². The van der Waals surface area contributed by atoms with Crippen LogP contribution in [0.4, 0.5) is 0 Å². The van der Waals surface area contributed by atoms with Crippen molar-refractivity contribution in [3.63, 3.8) is 0 Å². The molecule has 0 aromatic carbocycles. The summed E-state index contributed by atoms with van der Waals surface area (Å²) in [5.41, 5.74) is 1.25. The Morgan fingerprint density at radius 1 is 1.43 bits per heavy atom. The highest BCUT2D eigenvalue weighted by atomic mass is 16.5. The maximum atomic E-state index is 5.60. The Morgan fingerprint density at radius 2 is 2.07 bits per heavy atom. The number of likely N-dealkylation sites (N-methyl/N-ethyl adjacent to an activating group) is 1. The fraction of sp³-hybridized carbons (Fsp3) is 0.833. The fourth-order valence-electron chi connectivity index (χ4n) is 1.26. The largest absolute Gasteiger partial charge is 0.377 e. The van der Waals surface area contributed by atoms with Gasteiger partial charge in [-0.2, -0.15) is 0 Å². The molecule has 2 heteroatoms. The number of nitrogens with one attached hydrogen (secondary N) is 1. The van der Waals surface area contributed by atoms with Crippen LogP contribution in [0.2, 0.25) is 0 Å². The van der Waals surface area contributed by atoms with Gasteiger partial charge in [-0.25, -0.2) is 0 Å². The Labute approximate surface area is 88.7 Å². The molecule has 0 fully saturated rings. The molecule has 0 amide bonds. The second kappa shape index (κ2) is 8.01. The van der Waals surface area contributed by atoms with E-state index in [0.717, 1.165) is 26.0 Å². The van der Waals surface area contributed by atoms with Crippen LogP contribution in [-0.2, 0) is 4.74 Å². The Balaban J connectivity index is 3.70. The standard InChI is InChI=1S/C12H25NO/c1-6-13-12(8-7-10(2)3)9-14-11(4)5/h11-13H,2,6-9H2,1,3-5H3. The summed E-state index contributed by atoms with van der Waals surface area (Å²) in [5, 5.41) is 3.43. The first-order valence-electron chi connectivity index (χ1n) is 5.55. The lowest BCUT2D eigenvalue weighted by atomic mass is 10.1. The summed E-state index contributed by atoms with van der Waals surface area (Å²) in [6, 6.07) is 0.471. The van der Waals surface area contributed by atoms with Gasteiger partial charge < -0.3 is 10.1 Å². The topological polar surface area (TPSA) is 21.3 Å². The molecule has 1 N–H and O–H groups in total. The molecule has 0 aromatic rings. The van der Waals surface area contributed by atoms with Crippen molar-refractivity contribution in [2.24, 2.45) is 0 Å². The summed E-state index contributed by atoms with van der Waals surface area (Å²) < 4.78 is 5.60. The molecular formula is C12H25NO. The highest BCUT2D eigenvalue weighted by Crippen LogP contribution is 2.05. The molecule has 0 rings (SSSR count). The van der Waals surface area contributed by atoms with Crippen molar-refractivity contribution in [1.82, 2.24) is 5.32 Å². The summed E-state index contributed by atoms with van der Waals surface area (Å²) in [5.74, 6) is 0. The van der Waals surface area contributed by atoms with E-state index in [2.05, 4.69) is 39.6 Å². The van der Waals surface area contributed by atoms with Crippen molar-refractivity contribution in [3.8, 4) is 0 Å². The van der Waals surface area contributed by atoms with Gasteiger partial charge in [-0.05, 0) is 40.2 Å². The normalized spacial score (nSPS) is 13.2. The Morgan fingerprint density at radius 3 is 2.50 bits per heavy atom. The zero-order chi connectivity index (χ0) is 11.0. The molecule has 0 aliphatic heterocycles. The lowest BCUT2D eigenvalue weighted by Crippen LogP contribution is -2.34. The number of hydrogen-bond donors (Lipinski definition) is 1. The SMILES string of the molecule is C=C(C)CCC(COC(C)C)NCC. The quantitative estimate of drug-likeness (QED) is 0.607. The minimum Gasteiger partial charge on any atom is -0.377 e. The third-order valence-electron chi connectivity index (χ3n) is 2.04. The van der Waals surface area contributed by atoms with Gasteiger partial charge in [0, 0.05) is 6.04 Å². The van der Waals surface area contributed by atoms with Gasteiger partial charge in [0.1, 0.15) is 0 Å². The monoisotopic (exact) mass is 199 g/mol. The predicted molar refractivity (Wildman–Crippen MR) is 62.6 cm³/mol. The van der Waals surface area contributed by atoms with E-state index >= 15 is 0 Å². The second-order valence-electron chi connectivity index (χ2n) is 4.13. The van der Waals surface area contributed by atoms with Crippen molar-refractivity contribution in [3.05, 3.63) is 12.2 Å². The molecule has 0 aliphatic rings. The molecule has 0 aromatic heterocycles. The highest BCUT2D eigenvalue weighted by Gasteiger charge is 2.07. The van der Waals surface area contributed by atoms with Gasteiger partial charge >= 0.3 is 0 Å². The van der Waals surface area contributed by atoms with Crippen LogP contribution in [-0.4, -0.2) is 25.3 Å². The van der Waals surface area contributed by atoms with E-state index in [9.17, 15) is 0 Å². The van der Waals surface area contributed by atoms with Crippen molar-refractivity contribution >= 4 is 0 Å². The first-order valence-corrected chi connectivity index (χ1v) is 5.55. The number of hydrogen-bond acceptors (Lipinski definition) is 2. The molecule has 1 atom stereocenters. The molecule has 0 saturated carbocycles. The van der Waals surface area contributed by atoms with Crippen LogP contribution in [0.5, 0.6) is 0 Å². The van der Waals surface area contributed by atoms with Gasteiger partial charge in [-0.15, -0.1) is 6.58 Å². The average Bonchev–Trinajstić information content (AvgIpc) is 2.09. The maximum Gasteiger partial charge on any atom is 0.0623 e. The first kappa shape index (κ1) is 13.7. The zero-order valence-corrected chi connectivity index (χ0v) is 10.1. The van der Waals surface area contributed by atoms with Gasteiger partial charge in [0.25, 0.3) is 0 Å². The number of rotatable bonds is 8. The minimum absolute atomic E-state index is 0.320. The van der Waals surface area contributed by atoms with Crippen LogP contribution >= 0.6 is 0 Å². The van der Waals surface area contributed by atoms with Crippen LogP contribution < -0.4 is 5.32 Å². The summed E-state index contributed by atoms with van der Waals surface area (Å²) >= 11 is 0. The van der Waals surface area contributed by atoms with E-state index < -0.39 is 0 Å². The second-order valence-corrected chi connectivity index (χ2v) is 4.13. The molecular weight excluding hydrogens is 174 g/mol. The van der Waals surface area contributed by atoms with Gasteiger partial charge in [-0.3, -0.25) is 0 Å². The van der Waals surface area contributed by atoms with E-state index in [-0.39, 0.29) is 0 Å². The lowest BCUT2D eigenvalue weighted by Gasteiger charge is -2.19. The molecule has 0 heterocycles. The summed E-state index contributed by atoms with van der Waals surface area (Å²) in [7, 11) is 0. The summed E-state index contributed by atoms with van der Waals surface area (Å²) in [4.78, 5) is 0. The van der Waals surface area contributed by atoms with E-state index in [1.165, 1.54) is 5.57 Å². The fourth-order valence-corrected chi connectivity index (χ4v) is 1.26. The Kier molecular flexibility index (Phi) is 7.81. The van der Waals surface area contributed by atoms with Crippen LogP contribution in [0, 0.1) is 0 Å². The lowest BCUT2D eigenvalue weighted by molar-refractivity contribution is 0.0599. The van der Waals surface area contributed by atoms with Gasteiger partial charge in [0.2, 0.25) is 0 Å².